The van der Waals surface area contributed by atoms with Crippen molar-refractivity contribution in [3.63, 3.8) is 0 Å². The van der Waals surface area contributed by atoms with Crippen molar-refractivity contribution in [1.82, 2.24) is 0 Å². The third-order valence-electron chi connectivity index (χ3n) is 4.66. The molecule has 0 amide bonds. The second kappa shape index (κ2) is 8.15. The minimum atomic E-state index is -1.57. The van der Waals surface area contributed by atoms with Crippen LogP contribution in [-0.2, 0) is 9.47 Å². The zero-order valence-corrected chi connectivity index (χ0v) is 14.9. The topological polar surface area (TPSA) is 151 Å². The van der Waals surface area contributed by atoms with Crippen molar-refractivity contribution < 1.29 is 49.2 Å². The van der Waals surface area contributed by atoms with E-state index in [0.717, 1.165) is 0 Å². The number of benzene rings is 1. The summed E-state index contributed by atoms with van der Waals surface area (Å²) in [5, 5.41) is 48.4. The van der Waals surface area contributed by atoms with Gasteiger partial charge in [0.1, 0.15) is 36.6 Å². The van der Waals surface area contributed by atoms with Crippen molar-refractivity contribution in [2.75, 3.05) is 27.4 Å². The molecular formula is C17H24O10. The molecule has 27 heavy (non-hydrogen) atoms. The maximum Gasteiger partial charge on any atom is 0.229 e. The lowest BCUT2D eigenvalue weighted by Gasteiger charge is -2.39. The molecule has 10 heteroatoms. The van der Waals surface area contributed by atoms with Crippen LogP contribution < -0.4 is 14.2 Å². The van der Waals surface area contributed by atoms with E-state index in [4.69, 9.17) is 28.8 Å². The van der Waals surface area contributed by atoms with Crippen LogP contribution in [0.15, 0.2) is 12.1 Å². The Kier molecular flexibility index (Phi) is 6.06. The largest absolute Gasteiger partial charge is 0.493 e. The van der Waals surface area contributed by atoms with Crippen LogP contribution in [0.3, 0.4) is 0 Å². The molecule has 2 aliphatic heterocycles. The Morgan fingerprint density at radius 2 is 1.44 bits per heavy atom. The lowest BCUT2D eigenvalue weighted by atomic mass is 9.99. The Balaban J connectivity index is 1.87. The molecule has 10 nitrogen and oxygen atoms in total. The number of methoxy groups -OCH3 is 2. The Morgan fingerprint density at radius 3 is 1.93 bits per heavy atom. The minimum absolute atomic E-state index is 0.106. The highest BCUT2D eigenvalue weighted by Gasteiger charge is 2.45. The summed E-state index contributed by atoms with van der Waals surface area (Å²) in [6.45, 7) is -0.683. The number of aliphatic hydroxyl groups is 5. The summed E-state index contributed by atoms with van der Waals surface area (Å²) in [6.07, 6.45) is -7.69. The van der Waals surface area contributed by atoms with E-state index in [1.807, 2.05) is 0 Å². The molecule has 0 radical (unpaired) electrons. The normalized spacial score (nSPS) is 35.6. The summed E-state index contributed by atoms with van der Waals surface area (Å²) < 4.78 is 27.1. The van der Waals surface area contributed by atoms with E-state index in [-0.39, 0.29) is 36.1 Å². The fourth-order valence-electron chi connectivity index (χ4n) is 3.04. The summed E-state index contributed by atoms with van der Waals surface area (Å²) in [4.78, 5) is 0. The van der Waals surface area contributed by atoms with Gasteiger partial charge < -0.3 is 49.2 Å². The van der Waals surface area contributed by atoms with Crippen LogP contribution >= 0.6 is 0 Å². The van der Waals surface area contributed by atoms with E-state index in [2.05, 4.69) is 0 Å². The van der Waals surface area contributed by atoms with Gasteiger partial charge in [-0.2, -0.15) is 0 Å². The van der Waals surface area contributed by atoms with Gasteiger partial charge in [-0.15, -0.1) is 0 Å². The van der Waals surface area contributed by atoms with Gasteiger partial charge in [-0.1, -0.05) is 0 Å². The van der Waals surface area contributed by atoms with Gasteiger partial charge >= 0.3 is 0 Å². The molecule has 3 rings (SSSR count). The number of epoxide rings is 1. The van der Waals surface area contributed by atoms with E-state index in [1.54, 1.807) is 12.1 Å². The standard InChI is InChI=1S/C17H24O10/c1-23-8-3-7(15-11(6-19)25-15)4-9(24-2)16(8)27-17-14(22)13(21)12(20)10(5-18)26-17/h3-4,10-15,17-22H,5-6H2,1-2H3/t10-,11?,12-,13+,14-,15?,17+/m1/s1. The highest BCUT2D eigenvalue weighted by atomic mass is 16.7. The number of hydrogen-bond donors (Lipinski definition) is 5. The summed E-state index contributed by atoms with van der Waals surface area (Å²) in [5.41, 5.74) is 0.712. The number of rotatable bonds is 7. The molecule has 2 aliphatic rings. The highest BCUT2D eigenvalue weighted by Crippen LogP contribution is 2.46. The quantitative estimate of drug-likeness (QED) is 0.342. The molecule has 152 valence electrons. The van der Waals surface area contributed by atoms with Crippen LogP contribution in [0.5, 0.6) is 17.2 Å². The van der Waals surface area contributed by atoms with Crippen molar-refractivity contribution in [2.45, 2.75) is 42.9 Å². The Hall–Kier alpha value is -1.66. The number of ether oxygens (including phenoxy) is 5. The average Bonchev–Trinajstić information content (AvgIpc) is 3.48. The minimum Gasteiger partial charge on any atom is -0.493 e. The van der Waals surface area contributed by atoms with Crippen molar-refractivity contribution >= 4 is 0 Å². The Labute approximate surface area is 155 Å². The summed E-state index contributed by atoms with van der Waals surface area (Å²) in [5.74, 6) is 0.622. The van der Waals surface area contributed by atoms with Gasteiger partial charge in [-0.05, 0) is 17.7 Å². The zero-order valence-electron chi connectivity index (χ0n) is 14.9. The van der Waals surface area contributed by atoms with Crippen LogP contribution in [0, 0.1) is 0 Å². The molecule has 0 saturated carbocycles. The molecule has 2 fully saturated rings. The van der Waals surface area contributed by atoms with Crippen LogP contribution in [0.1, 0.15) is 11.7 Å². The van der Waals surface area contributed by atoms with Gasteiger partial charge in [0.05, 0.1) is 27.4 Å². The first kappa shape index (κ1) is 20.1. The van der Waals surface area contributed by atoms with Crippen LogP contribution in [0.25, 0.3) is 0 Å². The van der Waals surface area contributed by atoms with Crippen molar-refractivity contribution in [3.8, 4) is 17.2 Å². The molecule has 0 aromatic heterocycles. The molecule has 0 aliphatic carbocycles. The number of hydrogen-bond acceptors (Lipinski definition) is 10. The Bertz CT molecular complexity index is 626. The van der Waals surface area contributed by atoms with Crippen molar-refractivity contribution in [1.29, 1.82) is 0 Å². The molecule has 2 heterocycles. The first-order valence-electron chi connectivity index (χ1n) is 8.44. The lowest BCUT2D eigenvalue weighted by molar-refractivity contribution is -0.277. The van der Waals surface area contributed by atoms with Gasteiger partial charge in [-0.25, -0.2) is 0 Å². The maximum absolute atomic E-state index is 10.2. The summed E-state index contributed by atoms with van der Waals surface area (Å²) in [6, 6.07) is 3.28. The van der Waals surface area contributed by atoms with Crippen molar-refractivity contribution in [2.24, 2.45) is 0 Å². The lowest BCUT2D eigenvalue weighted by Crippen LogP contribution is -2.60. The summed E-state index contributed by atoms with van der Waals surface area (Å²) in [7, 11) is 2.83. The fraction of sp³-hybridized carbons (Fsp3) is 0.647. The first-order valence-corrected chi connectivity index (χ1v) is 8.44. The van der Waals surface area contributed by atoms with Gasteiger partial charge in [0.2, 0.25) is 12.0 Å². The predicted molar refractivity (Wildman–Crippen MR) is 88.6 cm³/mol. The average molecular weight is 388 g/mol. The molecule has 5 N–H and O–H groups in total. The predicted octanol–water partition coefficient (Wildman–Crippen LogP) is -1.69. The highest BCUT2D eigenvalue weighted by molar-refractivity contribution is 5.55. The van der Waals surface area contributed by atoms with E-state index in [1.165, 1.54) is 14.2 Å². The third-order valence-corrected chi connectivity index (χ3v) is 4.66. The molecule has 2 unspecified atom stereocenters. The number of aliphatic hydroxyl groups excluding tert-OH is 5. The molecule has 1 aromatic rings. The van der Waals surface area contributed by atoms with Crippen molar-refractivity contribution in [3.05, 3.63) is 17.7 Å². The first-order chi connectivity index (χ1) is 12.9. The molecule has 2 saturated heterocycles. The maximum atomic E-state index is 10.2. The van der Waals surface area contributed by atoms with Crippen LogP contribution in [0.4, 0.5) is 0 Å². The van der Waals surface area contributed by atoms with Gasteiger partial charge in [0, 0.05) is 0 Å². The van der Waals surface area contributed by atoms with Gasteiger partial charge in [0.15, 0.2) is 11.5 Å². The second-order valence-corrected chi connectivity index (χ2v) is 6.35. The van der Waals surface area contributed by atoms with E-state index in [9.17, 15) is 20.4 Å². The van der Waals surface area contributed by atoms with E-state index >= 15 is 0 Å². The molecule has 0 bridgehead atoms. The molecule has 7 atom stereocenters. The van der Waals surface area contributed by atoms with E-state index < -0.39 is 37.3 Å². The second-order valence-electron chi connectivity index (χ2n) is 6.35. The van der Waals surface area contributed by atoms with Gasteiger partial charge in [0.25, 0.3) is 0 Å². The molecule has 0 spiro atoms. The van der Waals surface area contributed by atoms with E-state index in [0.29, 0.717) is 5.56 Å². The third kappa shape index (κ3) is 3.83. The molecule has 1 aromatic carbocycles. The summed E-state index contributed by atoms with van der Waals surface area (Å²) >= 11 is 0. The smallest absolute Gasteiger partial charge is 0.229 e. The molecular weight excluding hydrogens is 364 g/mol. The van der Waals surface area contributed by atoms with Crippen LogP contribution in [-0.4, -0.2) is 89.8 Å². The zero-order chi connectivity index (χ0) is 19.7. The fourth-order valence-corrected chi connectivity index (χ4v) is 3.04. The SMILES string of the molecule is COc1cc(C2OC2CO)cc(OC)c1O[C@@H]1O[C@H](CO)[C@@H](O)[C@H](O)[C@H]1O. The Morgan fingerprint density at radius 1 is 0.852 bits per heavy atom. The van der Waals surface area contributed by atoms with Crippen LogP contribution in [0.2, 0.25) is 0 Å². The monoisotopic (exact) mass is 388 g/mol. The van der Waals surface area contributed by atoms with Gasteiger partial charge in [-0.3, -0.25) is 0 Å².